The number of rotatable bonds is 2. The fourth-order valence-corrected chi connectivity index (χ4v) is 2.82. The van der Waals surface area contributed by atoms with Crippen LogP contribution in [0.3, 0.4) is 0 Å². The molecule has 90 valence electrons. The Labute approximate surface area is 114 Å². The third kappa shape index (κ3) is 2.14. The Balaban J connectivity index is 1.86. The van der Waals surface area contributed by atoms with E-state index in [1.54, 1.807) is 11.3 Å². The first kappa shape index (κ1) is 11.4. The molecular formula is C13H11N3S2. The van der Waals surface area contributed by atoms with Gasteiger partial charge in [0.05, 0.1) is 15.9 Å². The molecule has 0 aliphatic carbocycles. The Morgan fingerprint density at radius 2 is 2.22 bits per heavy atom. The van der Waals surface area contributed by atoms with Gasteiger partial charge in [-0.25, -0.2) is 4.98 Å². The van der Waals surface area contributed by atoms with Crippen LogP contribution in [0.1, 0.15) is 10.4 Å². The summed E-state index contributed by atoms with van der Waals surface area (Å²) in [6.07, 6.45) is 0. The van der Waals surface area contributed by atoms with Gasteiger partial charge in [-0.3, -0.25) is 0 Å². The van der Waals surface area contributed by atoms with E-state index >= 15 is 0 Å². The molecule has 0 spiro atoms. The lowest BCUT2D eigenvalue weighted by atomic mass is 10.3. The first-order valence-corrected chi connectivity index (χ1v) is 6.82. The van der Waals surface area contributed by atoms with Crippen molar-refractivity contribution in [1.82, 2.24) is 9.97 Å². The van der Waals surface area contributed by atoms with Gasteiger partial charge in [0.2, 0.25) is 5.95 Å². The summed E-state index contributed by atoms with van der Waals surface area (Å²) in [6, 6.07) is 9.98. The van der Waals surface area contributed by atoms with Gasteiger partial charge >= 0.3 is 0 Å². The summed E-state index contributed by atoms with van der Waals surface area (Å²) in [5, 5.41) is 5.22. The van der Waals surface area contributed by atoms with Crippen LogP contribution in [0, 0.1) is 6.92 Å². The molecule has 3 aromatic rings. The van der Waals surface area contributed by atoms with Gasteiger partial charge in [0.1, 0.15) is 4.99 Å². The van der Waals surface area contributed by atoms with E-state index in [1.807, 2.05) is 24.3 Å². The minimum absolute atomic E-state index is 0.687. The van der Waals surface area contributed by atoms with Gasteiger partial charge in [0.15, 0.2) is 0 Å². The van der Waals surface area contributed by atoms with E-state index in [4.69, 9.17) is 12.2 Å². The van der Waals surface area contributed by atoms with Crippen molar-refractivity contribution in [3.63, 3.8) is 0 Å². The van der Waals surface area contributed by atoms with Gasteiger partial charge in [0.25, 0.3) is 0 Å². The average Bonchev–Trinajstić information content (AvgIpc) is 2.94. The molecule has 2 heterocycles. The highest BCUT2D eigenvalue weighted by molar-refractivity contribution is 7.81. The van der Waals surface area contributed by atoms with Crippen molar-refractivity contribution in [1.29, 1.82) is 0 Å². The Kier molecular flexibility index (Phi) is 2.85. The van der Waals surface area contributed by atoms with Crippen LogP contribution in [0.5, 0.6) is 0 Å². The highest BCUT2D eigenvalue weighted by Gasteiger charge is 2.07. The van der Waals surface area contributed by atoms with E-state index in [9.17, 15) is 0 Å². The number of H-pyrrole nitrogens is 1. The molecule has 0 aliphatic heterocycles. The number of thiophene rings is 1. The number of nitrogens with one attached hydrogen (secondary N) is 2. The van der Waals surface area contributed by atoms with Gasteiger partial charge < -0.3 is 10.3 Å². The van der Waals surface area contributed by atoms with Crippen LogP contribution < -0.4 is 5.32 Å². The van der Waals surface area contributed by atoms with Crippen LogP contribution in [-0.4, -0.2) is 15.0 Å². The number of aromatic amines is 1. The van der Waals surface area contributed by atoms with Crippen molar-refractivity contribution < 1.29 is 0 Å². The summed E-state index contributed by atoms with van der Waals surface area (Å²) in [6.45, 7) is 2.06. The minimum Gasteiger partial charge on any atom is -0.324 e. The van der Waals surface area contributed by atoms with Crippen LogP contribution >= 0.6 is 23.6 Å². The molecule has 0 saturated heterocycles. The molecule has 3 nitrogen and oxygen atoms in total. The first-order chi connectivity index (χ1) is 8.72. The van der Waals surface area contributed by atoms with Crippen molar-refractivity contribution in [2.24, 2.45) is 0 Å². The van der Waals surface area contributed by atoms with Gasteiger partial charge in [-0.15, -0.1) is 11.3 Å². The molecule has 0 unspecified atom stereocenters. The predicted octanol–water partition coefficient (Wildman–Crippen LogP) is 3.72. The molecule has 0 fully saturated rings. The van der Waals surface area contributed by atoms with E-state index in [2.05, 4.69) is 33.7 Å². The highest BCUT2D eigenvalue weighted by atomic mass is 32.1. The van der Waals surface area contributed by atoms with Crippen LogP contribution in [0.15, 0.2) is 35.7 Å². The number of hydrogen-bond acceptors (Lipinski definition) is 3. The standard InChI is InChI=1S/C13H11N3S2/c1-8-6-11(18-7-8)12(17)16-13-14-9-4-2-3-5-10(9)15-13/h2-7H,1H3,(H2,14,15,16,17). The Hall–Kier alpha value is -1.72. The summed E-state index contributed by atoms with van der Waals surface area (Å²) in [4.78, 5) is 9.39. The fourth-order valence-electron chi connectivity index (χ4n) is 1.73. The number of imidazole rings is 1. The molecule has 0 saturated carbocycles. The summed E-state index contributed by atoms with van der Waals surface area (Å²) in [5.74, 6) is 0.687. The highest BCUT2D eigenvalue weighted by Crippen LogP contribution is 2.18. The largest absolute Gasteiger partial charge is 0.324 e. The number of benzene rings is 1. The minimum atomic E-state index is 0.687. The molecule has 0 atom stereocenters. The lowest BCUT2D eigenvalue weighted by molar-refractivity contribution is 1.34. The van der Waals surface area contributed by atoms with E-state index in [1.165, 1.54) is 5.56 Å². The molecular weight excluding hydrogens is 262 g/mol. The monoisotopic (exact) mass is 273 g/mol. The average molecular weight is 273 g/mol. The lowest BCUT2D eigenvalue weighted by Gasteiger charge is -2.01. The fraction of sp³-hybridized carbons (Fsp3) is 0.0769. The Morgan fingerprint density at radius 3 is 2.94 bits per heavy atom. The second kappa shape index (κ2) is 4.51. The van der Waals surface area contributed by atoms with E-state index < -0.39 is 0 Å². The molecule has 1 aromatic carbocycles. The van der Waals surface area contributed by atoms with Gasteiger partial charge in [-0.2, -0.15) is 0 Å². The second-order valence-corrected chi connectivity index (χ2v) is 5.36. The topological polar surface area (TPSA) is 40.7 Å². The van der Waals surface area contributed by atoms with E-state index in [-0.39, 0.29) is 0 Å². The molecule has 3 rings (SSSR count). The number of para-hydroxylation sites is 2. The number of anilines is 1. The SMILES string of the molecule is Cc1csc(C(=S)Nc2nc3ccccc3[nH]2)c1. The van der Waals surface area contributed by atoms with Crippen molar-refractivity contribution >= 4 is 45.5 Å². The zero-order valence-corrected chi connectivity index (χ0v) is 11.4. The first-order valence-electron chi connectivity index (χ1n) is 5.53. The molecule has 0 amide bonds. The summed E-state index contributed by atoms with van der Waals surface area (Å²) in [7, 11) is 0. The van der Waals surface area contributed by atoms with Gasteiger partial charge in [0, 0.05) is 0 Å². The normalized spacial score (nSPS) is 10.7. The third-order valence-electron chi connectivity index (χ3n) is 2.58. The van der Waals surface area contributed by atoms with Crippen LogP contribution in [-0.2, 0) is 0 Å². The molecule has 18 heavy (non-hydrogen) atoms. The van der Waals surface area contributed by atoms with E-state index in [0.29, 0.717) is 10.9 Å². The number of fused-ring (bicyclic) bond motifs is 1. The number of aromatic nitrogens is 2. The van der Waals surface area contributed by atoms with Crippen molar-refractivity contribution in [2.75, 3.05) is 5.32 Å². The van der Waals surface area contributed by atoms with Crippen molar-refractivity contribution in [3.05, 3.63) is 46.2 Å². The van der Waals surface area contributed by atoms with Crippen molar-refractivity contribution in [3.8, 4) is 0 Å². The maximum atomic E-state index is 5.36. The molecule has 5 heteroatoms. The smallest absolute Gasteiger partial charge is 0.206 e. The number of thiocarbonyl (C=S) groups is 1. The quantitative estimate of drug-likeness (QED) is 0.699. The zero-order valence-electron chi connectivity index (χ0n) is 9.73. The summed E-state index contributed by atoms with van der Waals surface area (Å²) >= 11 is 7.00. The van der Waals surface area contributed by atoms with Gasteiger partial charge in [-0.05, 0) is 36.1 Å². The molecule has 0 aliphatic rings. The lowest BCUT2D eigenvalue weighted by Crippen LogP contribution is -2.09. The zero-order chi connectivity index (χ0) is 12.5. The number of nitrogens with zero attached hydrogens (tertiary/aromatic N) is 1. The van der Waals surface area contributed by atoms with E-state index in [0.717, 1.165) is 15.9 Å². The molecule has 2 aromatic heterocycles. The number of aryl methyl sites for hydroxylation is 1. The van der Waals surface area contributed by atoms with Crippen LogP contribution in [0.4, 0.5) is 5.95 Å². The number of hydrogen-bond donors (Lipinski definition) is 2. The van der Waals surface area contributed by atoms with Crippen LogP contribution in [0.2, 0.25) is 0 Å². The maximum Gasteiger partial charge on any atom is 0.206 e. The maximum absolute atomic E-state index is 5.36. The third-order valence-corrected chi connectivity index (χ3v) is 4.09. The van der Waals surface area contributed by atoms with Crippen molar-refractivity contribution in [2.45, 2.75) is 6.92 Å². The predicted molar refractivity (Wildman–Crippen MR) is 80.5 cm³/mol. The summed E-state index contributed by atoms with van der Waals surface area (Å²) in [5.41, 5.74) is 3.17. The molecule has 2 N–H and O–H groups in total. The Morgan fingerprint density at radius 1 is 1.39 bits per heavy atom. The molecule has 0 bridgehead atoms. The molecule has 0 radical (unpaired) electrons. The van der Waals surface area contributed by atoms with Crippen LogP contribution in [0.25, 0.3) is 11.0 Å². The summed E-state index contributed by atoms with van der Waals surface area (Å²) < 4.78 is 0. The Bertz CT molecular complexity index is 679. The second-order valence-electron chi connectivity index (χ2n) is 4.04. The van der Waals surface area contributed by atoms with Gasteiger partial charge in [-0.1, -0.05) is 24.4 Å².